The van der Waals surface area contributed by atoms with E-state index in [2.05, 4.69) is 5.32 Å². The molecule has 0 radical (unpaired) electrons. The third kappa shape index (κ3) is 5.33. The Morgan fingerprint density at radius 2 is 1.89 bits per heavy atom. The number of hydrogen-bond acceptors (Lipinski definition) is 5. The van der Waals surface area contributed by atoms with Gasteiger partial charge in [-0.1, -0.05) is 53.5 Å². The quantitative estimate of drug-likeness (QED) is 0.361. The van der Waals surface area contributed by atoms with Crippen molar-refractivity contribution in [2.45, 2.75) is 43.9 Å². The molecule has 3 aromatic rings. The number of ether oxygens (including phenoxy) is 1. The van der Waals surface area contributed by atoms with Gasteiger partial charge in [0.05, 0.1) is 18.2 Å². The average molecular weight is 546 g/mol. The lowest BCUT2D eigenvalue weighted by Crippen LogP contribution is -2.55. The molecule has 37 heavy (non-hydrogen) atoms. The Morgan fingerprint density at radius 3 is 2.59 bits per heavy atom. The number of likely N-dealkylation sites (tertiary alicyclic amines) is 1. The number of nitrogens with one attached hydrogen (secondary N) is 1. The largest absolute Gasteiger partial charge is 0.494 e. The van der Waals surface area contributed by atoms with Gasteiger partial charge in [-0.3, -0.25) is 9.69 Å². The fourth-order valence-corrected chi connectivity index (χ4v) is 5.67. The van der Waals surface area contributed by atoms with Crippen LogP contribution in [-0.4, -0.2) is 46.7 Å². The summed E-state index contributed by atoms with van der Waals surface area (Å²) in [5.74, 6) is -1.18. The fourth-order valence-electron chi connectivity index (χ4n) is 5.29. The van der Waals surface area contributed by atoms with Crippen molar-refractivity contribution in [3.05, 3.63) is 93.7 Å². The fraction of sp³-hybridized carbons (Fsp3) is 0.321. The molecular formula is C28H30Cl2FN3O3. The maximum absolute atomic E-state index is 15.4. The van der Waals surface area contributed by atoms with E-state index in [1.54, 1.807) is 43.3 Å². The molecule has 6 nitrogen and oxygen atoms in total. The van der Waals surface area contributed by atoms with Crippen LogP contribution in [0.4, 0.5) is 10.1 Å². The van der Waals surface area contributed by atoms with Crippen LogP contribution in [0.25, 0.3) is 0 Å². The highest BCUT2D eigenvalue weighted by molar-refractivity contribution is 6.31. The van der Waals surface area contributed by atoms with E-state index in [1.165, 1.54) is 6.07 Å². The molecule has 4 atom stereocenters. The van der Waals surface area contributed by atoms with Gasteiger partial charge in [-0.05, 0) is 61.4 Å². The molecular weight excluding hydrogens is 516 g/mol. The molecule has 1 aliphatic rings. The standard InChI is InChI=1S/C28H30Cl2FN3O3/c1-3-37-20-10-4-7-17(13-20)15-34-23(16-35)26(32)24(21-11-6-12-22(30)25(21)31)28(34,2)27(36)33-19-9-5-8-18(29)14-19/h4-14,23-24,26,35H,3,15-16,32H2,1-2H3,(H,33,36)/t23-,24-,26+,28+/m0/s1. The lowest BCUT2D eigenvalue weighted by atomic mass is 9.77. The summed E-state index contributed by atoms with van der Waals surface area (Å²) in [4.78, 5) is 15.9. The maximum atomic E-state index is 15.4. The molecule has 1 aliphatic heterocycles. The van der Waals surface area contributed by atoms with Crippen molar-refractivity contribution in [2.24, 2.45) is 5.73 Å². The molecule has 0 saturated carbocycles. The molecule has 0 aliphatic carbocycles. The Morgan fingerprint density at radius 1 is 1.16 bits per heavy atom. The van der Waals surface area contributed by atoms with E-state index in [9.17, 15) is 9.90 Å². The van der Waals surface area contributed by atoms with E-state index in [0.29, 0.717) is 23.1 Å². The van der Waals surface area contributed by atoms with Gasteiger partial charge in [0.1, 0.15) is 17.1 Å². The maximum Gasteiger partial charge on any atom is 0.245 e. The van der Waals surface area contributed by atoms with Crippen molar-refractivity contribution < 1.29 is 19.0 Å². The molecule has 1 saturated heterocycles. The Labute approximate surface area is 226 Å². The van der Waals surface area contributed by atoms with Crippen molar-refractivity contribution >= 4 is 34.8 Å². The second-order valence-electron chi connectivity index (χ2n) is 9.27. The summed E-state index contributed by atoms with van der Waals surface area (Å²) in [6.45, 7) is 4.06. The summed E-state index contributed by atoms with van der Waals surface area (Å²) in [6, 6.07) is 17.5. The first-order valence-corrected chi connectivity index (χ1v) is 12.8. The second-order valence-corrected chi connectivity index (χ2v) is 10.1. The van der Waals surface area contributed by atoms with Gasteiger partial charge in [0, 0.05) is 35.3 Å². The van der Waals surface area contributed by atoms with E-state index in [-0.39, 0.29) is 23.7 Å². The Kier molecular flexibility index (Phi) is 8.41. The minimum Gasteiger partial charge on any atom is -0.494 e. The van der Waals surface area contributed by atoms with E-state index < -0.39 is 35.3 Å². The number of aliphatic hydroxyl groups is 1. The summed E-state index contributed by atoms with van der Waals surface area (Å²) in [5, 5.41) is 13.8. The first-order valence-electron chi connectivity index (χ1n) is 12.1. The van der Waals surface area contributed by atoms with Crippen LogP contribution in [-0.2, 0) is 11.3 Å². The van der Waals surface area contributed by atoms with Crippen molar-refractivity contribution in [1.29, 1.82) is 0 Å². The van der Waals surface area contributed by atoms with Crippen LogP contribution < -0.4 is 15.8 Å². The van der Waals surface area contributed by atoms with Gasteiger partial charge in [0.2, 0.25) is 5.91 Å². The Hall–Kier alpha value is -2.68. The third-order valence-electron chi connectivity index (χ3n) is 7.04. The van der Waals surface area contributed by atoms with Crippen molar-refractivity contribution in [1.82, 2.24) is 4.90 Å². The number of benzene rings is 3. The predicted octanol–water partition coefficient (Wildman–Crippen LogP) is 5.22. The molecule has 0 spiro atoms. The summed E-state index contributed by atoms with van der Waals surface area (Å²) < 4.78 is 21.0. The Balaban J connectivity index is 1.83. The molecule has 0 unspecified atom stereocenters. The van der Waals surface area contributed by atoms with Gasteiger partial charge in [-0.15, -0.1) is 0 Å². The molecule has 9 heteroatoms. The van der Waals surface area contributed by atoms with Crippen LogP contribution >= 0.6 is 23.2 Å². The van der Waals surface area contributed by atoms with Gasteiger partial charge in [0.25, 0.3) is 0 Å². The highest BCUT2D eigenvalue weighted by atomic mass is 35.5. The summed E-state index contributed by atoms with van der Waals surface area (Å²) >= 11 is 12.3. The monoisotopic (exact) mass is 545 g/mol. The minimum absolute atomic E-state index is 0.0642. The van der Waals surface area contributed by atoms with Crippen molar-refractivity contribution in [2.75, 3.05) is 18.5 Å². The van der Waals surface area contributed by atoms with Crippen LogP contribution in [0.3, 0.4) is 0 Å². The molecule has 0 bridgehead atoms. The predicted molar refractivity (Wildman–Crippen MR) is 145 cm³/mol. The van der Waals surface area contributed by atoms with Gasteiger partial charge in [0.15, 0.2) is 0 Å². The van der Waals surface area contributed by atoms with Gasteiger partial charge >= 0.3 is 0 Å². The molecule has 3 aromatic carbocycles. The van der Waals surface area contributed by atoms with E-state index in [4.69, 9.17) is 33.7 Å². The number of rotatable bonds is 8. The topological polar surface area (TPSA) is 87.8 Å². The third-order valence-corrected chi connectivity index (χ3v) is 7.57. The van der Waals surface area contributed by atoms with Crippen LogP contribution in [0.5, 0.6) is 5.75 Å². The average Bonchev–Trinajstić information content (AvgIpc) is 3.08. The normalized spacial score (nSPS) is 23.7. The number of halogens is 3. The molecule has 4 rings (SSSR count). The minimum atomic E-state index is -1.37. The van der Waals surface area contributed by atoms with E-state index in [0.717, 1.165) is 5.56 Å². The van der Waals surface area contributed by atoms with E-state index in [1.807, 2.05) is 36.1 Å². The van der Waals surface area contributed by atoms with Crippen molar-refractivity contribution in [3.63, 3.8) is 0 Å². The van der Waals surface area contributed by atoms with E-state index >= 15 is 4.39 Å². The number of nitrogens with two attached hydrogens (primary N) is 1. The highest BCUT2D eigenvalue weighted by Crippen LogP contribution is 2.47. The smallest absolute Gasteiger partial charge is 0.245 e. The summed E-state index contributed by atoms with van der Waals surface area (Å²) in [5.41, 5.74) is 6.88. The van der Waals surface area contributed by atoms with Gasteiger partial charge in [-0.25, -0.2) is 4.39 Å². The highest BCUT2D eigenvalue weighted by Gasteiger charge is 2.60. The first kappa shape index (κ1) is 27.4. The molecule has 0 aromatic heterocycles. The van der Waals surface area contributed by atoms with Crippen LogP contribution in [0.15, 0.2) is 66.7 Å². The van der Waals surface area contributed by atoms with Crippen LogP contribution in [0, 0.1) is 5.82 Å². The molecule has 1 fully saturated rings. The number of carbonyl (C=O) groups is 1. The molecule has 196 valence electrons. The second kappa shape index (κ2) is 11.4. The van der Waals surface area contributed by atoms with Gasteiger partial charge in [-0.2, -0.15) is 0 Å². The van der Waals surface area contributed by atoms with Crippen LogP contribution in [0.1, 0.15) is 30.9 Å². The summed E-state index contributed by atoms with van der Waals surface area (Å²) in [6.07, 6.45) is 0. The zero-order chi connectivity index (χ0) is 26.7. The van der Waals surface area contributed by atoms with Crippen LogP contribution in [0.2, 0.25) is 10.0 Å². The zero-order valence-electron chi connectivity index (χ0n) is 20.6. The van der Waals surface area contributed by atoms with Crippen molar-refractivity contribution in [3.8, 4) is 5.75 Å². The number of amides is 1. The first-order chi connectivity index (χ1) is 17.7. The number of hydrogen-bond donors (Lipinski definition) is 3. The number of aliphatic hydroxyl groups excluding tert-OH is 1. The molecule has 4 N–H and O–H groups in total. The lowest BCUT2D eigenvalue weighted by Gasteiger charge is -2.39. The van der Waals surface area contributed by atoms with Gasteiger partial charge < -0.3 is 20.9 Å². The number of anilines is 1. The molecule has 1 amide bonds. The lowest BCUT2D eigenvalue weighted by molar-refractivity contribution is -0.127. The number of carbonyl (C=O) groups excluding carboxylic acids is 1. The summed E-state index contributed by atoms with van der Waals surface area (Å²) in [7, 11) is 0. The number of nitrogens with zero attached hydrogens (tertiary/aromatic N) is 1. The Bertz CT molecular complexity index is 1280. The zero-order valence-corrected chi connectivity index (χ0v) is 22.1. The molecule has 1 heterocycles. The SMILES string of the molecule is CCOc1cccc(CN2[C@@H](CO)[C@@H](N)[C@H](c3cccc(Cl)c3F)[C@]2(C)C(=O)Nc2cccc(Cl)c2)c1.